The molecule has 2 N–H and O–H groups in total. The van der Waals surface area contributed by atoms with Crippen molar-refractivity contribution in [2.75, 3.05) is 5.32 Å². The number of carboxylic acids is 1. The number of hydrogen-bond donors (Lipinski definition) is 2. The monoisotopic (exact) mass is 252 g/mol. The minimum absolute atomic E-state index is 0.0491. The number of benzene rings is 1. The van der Waals surface area contributed by atoms with Crippen molar-refractivity contribution in [3.8, 4) is 0 Å². The molecule has 0 aliphatic rings. The molecule has 0 atom stereocenters. The molecule has 0 saturated carbocycles. The van der Waals surface area contributed by atoms with E-state index in [1.807, 2.05) is 5.38 Å². The highest BCUT2D eigenvalue weighted by Gasteiger charge is 2.08. The summed E-state index contributed by atoms with van der Waals surface area (Å²) in [5, 5.41) is 14.2. The van der Waals surface area contributed by atoms with E-state index in [-0.39, 0.29) is 11.3 Å². The molecule has 0 saturated heterocycles. The van der Waals surface area contributed by atoms with E-state index < -0.39 is 11.8 Å². The molecule has 17 heavy (non-hydrogen) atoms. The van der Waals surface area contributed by atoms with Gasteiger partial charge >= 0.3 is 5.97 Å². The summed E-state index contributed by atoms with van der Waals surface area (Å²) in [6.45, 7) is 0.373. The minimum atomic E-state index is -1.08. The Morgan fingerprint density at radius 2 is 2.35 bits per heavy atom. The summed E-state index contributed by atoms with van der Waals surface area (Å²) in [6.07, 6.45) is 1.66. The van der Waals surface area contributed by atoms with Crippen LogP contribution in [0.3, 0.4) is 0 Å². The Kier molecular flexibility index (Phi) is 3.34. The van der Waals surface area contributed by atoms with Gasteiger partial charge in [-0.15, -0.1) is 11.3 Å². The predicted molar refractivity (Wildman–Crippen MR) is 62.8 cm³/mol. The summed E-state index contributed by atoms with van der Waals surface area (Å²) < 4.78 is 13.4. The number of aromatic carboxylic acids is 1. The number of rotatable bonds is 4. The lowest BCUT2D eigenvalue weighted by atomic mass is 10.2. The standard InChI is InChI=1S/C11H9FN2O2S/c12-8-2-1-7(11(15)16)5-9(8)14-6-10-13-3-4-17-10/h1-5,14H,6H2,(H,15,16). The van der Waals surface area contributed by atoms with Crippen LogP contribution in [0, 0.1) is 5.82 Å². The van der Waals surface area contributed by atoms with Crippen LogP contribution in [0.1, 0.15) is 15.4 Å². The maximum Gasteiger partial charge on any atom is 0.335 e. The molecule has 6 heteroatoms. The number of thiazole rings is 1. The normalized spacial score (nSPS) is 10.2. The maximum absolute atomic E-state index is 13.4. The number of carboxylic acid groups (broad SMARTS) is 1. The van der Waals surface area contributed by atoms with Crippen LogP contribution in [-0.4, -0.2) is 16.1 Å². The van der Waals surface area contributed by atoms with Crippen LogP contribution in [0.4, 0.5) is 10.1 Å². The van der Waals surface area contributed by atoms with Crippen molar-refractivity contribution < 1.29 is 14.3 Å². The van der Waals surface area contributed by atoms with Gasteiger partial charge in [-0.25, -0.2) is 14.2 Å². The van der Waals surface area contributed by atoms with E-state index in [1.165, 1.54) is 23.5 Å². The van der Waals surface area contributed by atoms with Gasteiger partial charge in [0.05, 0.1) is 17.8 Å². The first-order valence-corrected chi connectivity index (χ1v) is 5.70. The fourth-order valence-electron chi connectivity index (χ4n) is 1.30. The topological polar surface area (TPSA) is 62.2 Å². The van der Waals surface area contributed by atoms with Gasteiger partial charge in [0, 0.05) is 11.6 Å². The van der Waals surface area contributed by atoms with Crippen LogP contribution in [-0.2, 0) is 6.54 Å². The summed E-state index contributed by atoms with van der Waals surface area (Å²) in [5.41, 5.74) is 0.216. The lowest BCUT2D eigenvalue weighted by molar-refractivity contribution is 0.0697. The molecule has 1 aromatic heterocycles. The maximum atomic E-state index is 13.4. The average molecular weight is 252 g/mol. The van der Waals surface area contributed by atoms with Gasteiger partial charge in [0.1, 0.15) is 10.8 Å². The van der Waals surface area contributed by atoms with E-state index >= 15 is 0 Å². The molecular weight excluding hydrogens is 243 g/mol. The molecule has 2 aromatic rings. The molecule has 0 spiro atoms. The van der Waals surface area contributed by atoms with Gasteiger partial charge in [-0.2, -0.15) is 0 Å². The Balaban J connectivity index is 2.14. The molecule has 1 heterocycles. The van der Waals surface area contributed by atoms with Gasteiger partial charge in [0.25, 0.3) is 0 Å². The smallest absolute Gasteiger partial charge is 0.335 e. The second-order valence-electron chi connectivity index (χ2n) is 3.28. The first kappa shape index (κ1) is 11.5. The molecular formula is C11H9FN2O2S. The van der Waals surface area contributed by atoms with Gasteiger partial charge in [0.2, 0.25) is 0 Å². The number of nitrogens with zero attached hydrogens (tertiary/aromatic N) is 1. The van der Waals surface area contributed by atoms with Crippen molar-refractivity contribution in [2.24, 2.45) is 0 Å². The predicted octanol–water partition coefficient (Wildman–Crippen LogP) is 2.59. The summed E-state index contributed by atoms with van der Waals surface area (Å²) >= 11 is 1.45. The number of carbonyl (C=O) groups is 1. The van der Waals surface area contributed by atoms with Gasteiger partial charge in [0.15, 0.2) is 0 Å². The molecule has 1 aromatic carbocycles. The summed E-state index contributed by atoms with van der Waals surface area (Å²) in [5.74, 6) is -1.56. The van der Waals surface area contributed by atoms with Crippen molar-refractivity contribution in [1.82, 2.24) is 4.98 Å². The average Bonchev–Trinajstić information content (AvgIpc) is 2.80. The van der Waals surface area contributed by atoms with E-state index in [2.05, 4.69) is 10.3 Å². The Labute approximate surface area is 101 Å². The minimum Gasteiger partial charge on any atom is -0.478 e. The largest absolute Gasteiger partial charge is 0.478 e. The summed E-state index contributed by atoms with van der Waals surface area (Å²) in [7, 11) is 0. The Morgan fingerprint density at radius 3 is 3.00 bits per heavy atom. The zero-order chi connectivity index (χ0) is 12.3. The zero-order valence-electron chi connectivity index (χ0n) is 8.68. The van der Waals surface area contributed by atoms with Gasteiger partial charge in [-0.1, -0.05) is 0 Å². The highest BCUT2D eigenvalue weighted by Crippen LogP contribution is 2.17. The molecule has 2 rings (SSSR count). The van der Waals surface area contributed by atoms with E-state index in [0.29, 0.717) is 6.54 Å². The highest BCUT2D eigenvalue weighted by atomic mass is 32.1. The lowest BCUT2D eigenvalue weighted by Crippen LogP contribution is -2.04. The van der Waals surface area contributed by atoms with Crippen LogP contribution < -0.4 is 5.32 Å². The SMILES string of the molecule is O=C(O)c1ccc(F)c(NCc2nccs2)c1. The molecule has 4 nitrogen and oxygen atoms in total. The van der Waals surface area contributed by atoms with Crippen LogP contribution in [0.2, 0.25) is 0 Å². The molecule has 0 fully saturated rings. The quantitative estimate of drug-likeness (QED) is 0.878. The second-order valence-corrected chi connectivity index (χ2v) is 4.26. The number of aromatic nitrogens is 1. The highest BCUT2D eigenvalue weighted by molar-refractivity contribution is 7.09. The van der Waals surface area contributed by atoms with Crippen LogP contribution in [0.15, 0.2) is 29.8 Å². The summed E-state index contributed by atoms with van der Waals surface area (Å²) in [6, 6.07) is 3.63. The molecule has 88 valence electrons. The van der Waals surface area contributed by atoms with Crippen LogP contribution in [0.25, 0.3) is 0 Å². The number of anilines is 1. The van der Waals surface area contributed by atoms with Gasteiger partial charge < -0.3 is 10.4 Å². The van der Waals surface area contributed by atoms with Crippen molar-refractivity contribution >= 4 is 23.0 Å². The Morgan fingerprint density at radius 1 is 1.53 bits per heavy atom. The fourth-order valence-corrected chi connectivity index (χ4v) is 1.86. The second kappa shape index (κ2) is 4.92. The van der Waals surface area contributed by atoms with Crippen molar-refractivity contribution in [1.29, 1.82) is 0 Å². The third-order valence-corrected chi connectivity index (χ3v) is 2.91. The lowest BCUT2D eigenvalue weighted by Gasteiger charge is -2.06. The van der Waals surface area contributed by atoms with Gasteiger partial charge in [-0.3, -0.25) is 0 Å². The van der Waals surface area contributed by atoms with Crippen molar-refractivity contribution in [2.45, 2.75) is 6.54 Å². The van der Waals surface area contributed by atoms with E-state index in [9.17, 15) is 9.18 Å². The van der Waals surface area contributed by atoms with E-state index in [4.69, 9.17) is 5.11 Å². The molecule has 0 unspecified atom stereocenters. The van der Waals surface area contributed by atoms with Crippen LogP contribution in [0.5, 0.6) is 0 Å². The summed E-state index contributed by atoms with van der Waals surface area (Å²) in [4.78, 5) is 14.8. The van der Waals surface area contributed by atoms with Crippen LogP contribution >= 0.6 is 11.3 Å². The Bertz CT molecular complexity index is 528. The number of hydrogen-bond acceptors (Lipinski definition) is 4. The first-order chi connectivity index (χ1) is 8.16. The van der Waals surface area contributed by atoms with E-state index in [0.717, 1.165) is 11.1 Å². The van der Waals surface area contributed by atoms with Gasteiger partial charge in [-0.05, 0) is 18.2 Å². The zero-order valence-corrected chi connectivity index (χ0v) is 9.50. The molecule has 0 aliphatic carbocycles. The molecule has 0 radical (unpaired) electrons. The molecule has 0 bridgehead atoms. The first-order valence-electron chi connectivity index (χ1n) is 4.82. The third kappa shape index (κ3) is 2.79. The number of nitrogens with one attached hydrogen (secondary N) is 1. The Hall–Kier alpha value is -1.95. The number of halogens is 1. The molecule has 0 amide bonds. The third-order valence-electron chi connectivity index (χ3n) is 2.13. The van der Waals surface area contributed by atoms with Crippen molar-refractivity contribution in [3.63, 3.8) is 0 Å². The molecule has 0 aliphatic heterocycles. The van der Waals surface area contributed by atoms with Crippen molar-refractivity contribution in [3.05, 3.63) is 46.2 Å². The fraction of sp³-hybridized carbons (Fsp3) is 0.0909. The van der Waals surface area contributed by atoms with E-state index in [1.54, 1.807) is 6.20 Å².